The number of carbonyl (C=O) groups excluding carboxylic acids is 3. The average molecular weight is 380 g/mol. The Balaban J connectivity index is 1.56. The van der Waals surface area contributed by atoms with Gasteiger partial charge in [-0.25, -0.2) is 13.6 Å². The number of nitrogens with one attached hydrogen (secondary N) is 3. The van der Waals surface area contributed by atoms with E-state index in [1.807, 2.05) is 0 Å². The molecule has 1 saturated carbocycles. The number of imide groups is 1. The third-order valence-corrected chi connectivity index (χ3v) is 5.10. The summed E-state index contributed by atoms with van der Waals surface area (Å²) in [5, 5.41) is 6.21. The molecule has 1 aromatic rings. The monoisotopic (exact) mass is 380 g/mol. The van der Waals surface area contributed by atoms with Crippen molar-refractivity contribution in [3.8, 4) is 0 Å². The van der Waals surface area contributed by atoms with E-state index in [4.69, 9.17) is 0 Å². The summed E-state index contributed by atoms with van der Waals surface area (Å²) in [6.45, 7) is 1.37. The van der Waals surface area contributed by atoms with Crippen LogP contribution in [0.5, 0.6) is 0 Å². The Bertz CT molecular complexity index is 765. The molecule has 1 heterocycles. The molecule has 2 fully saturated rings. The van der Waals surface area contributed by atoms with E-state index in [9.17, 15) is 23.2 Å². The zero-order chi connectivity index (χ0) is 19.6. The number of hydrogen-bond acceptors (Lipinski definition) is 4. The van der Waals surface area contributed by atoms with Gasteiger partial charge in [0.05, 0.1) is 6.54 Å². The molecule has 3 rings (SSSR count). The zero-order valence-electron chi connectivity index (χ0n) is 15.0. The third kappa shape index (κ3) is 3.92. The highest BCUT2D eigenvalue weighted by Crippen LogP contribution is 2.32. The summed E-state index contributed by atoms with van der Waals surface area (Å²) in [4.78, 5) is 36.8. The molecule has 1 aliphatic carbocycles. The highest BCUT2D eigenvalue weighted by atomic mass is 19.1. The van der Waals surface area contributed by atoms with Crippen molar-refractivity contribution in [2.75, 3.05) is 6.54 Å². The van der Waals surface area contributed by atoms with Crippen molar-refractivity contribution in [3.63, 3.8) is 0 Å². The van der Waals surface area contributed by atoms with Crippen molar-refractivity contribution in [1.82, 2.24) is 21.1 Å². The molecule has 1 aromatic carbocycles. The van der Waals surface area contributed by atoms with Crippen molar-refractivity contribution in [1.29, 1.82) is 0 Å². The van der Waals surface area contributed by atoms with Gasteiger partial charge in [0.15, 0.2) is 0 Å². The van der Waals surface area contributed by atoms with Crippen LogP contribution in [0.25, 0.3) is 0 Å². The fraction of sp³-hybridized carbons (Fsp3) is 0.500. The number of benzene rings is 1. The lowest BCUT2D eigenvalue weighted by molar-refractivity contribution is -0.139. The van der Waals surface area contributed by atoms with Crippen molar-refractivity contribution in [2.45, 2.75) is 50.6 Å². The molecule has 4 amide bonds. The predicted molar refractivity (Wildman–Crippen MR) is 92.1 cm³/mol. The molecule has 2 aliphatic rings. The molecule has 0 aromatic heterocycles. The summed E-state index contributed by atoms with van der Waals surface area (Å²) >= 11 is 0. The van der Waals surface area contributed by atoms with E-state index < -0.39 is 41.1 Å². The van der Waals surface area contributed by atoms with Gasteiger partial charge < -0.3 is 10.6 Å². The lowest BCUT2D eigenvalue weighted by Crippen LogP contribution is -2.52. The maximum absolute atomic E-state index is 13.8. The Hall–Kier alpha value is -2.55. The molecular formula is C18H22F2N4O3. The molecule has 146 valence electrons. The van der Waals surface area contributed by atoms with Crippen LogP contribution in [-0.4, -0.2) is 34.9 Å². The molecule has 0 unspecified atom stereocenters. The van der Waals surface area contributed by atoms with Gasteiger partial charge >= 0.3 is 6.03 Å². The van der Waals surface area contributed by atoms with Crippen LogP contribution in [-0.2, 0) is 9.59 Å². The summed E-state index contributed by atoms with van der Waals surface area (Å²) in [6, 6.07) is 1.99. The highest BCUT2D eigenvalue weighted by molar-refractivity contribution is 6.08. The third-order valence-electron chi connectivity index (χ3n) is 5.10. The van der Waals surface area contributed by atoms with E-state index in [0.29, 0.717) is 12.8 Å². The number of hydrazine groups is 1. The zero-order valence-corrected chi connectivity index (χ0v) is 15.0. The molecule has 0 radical (unpaired) electrons. The molecule has 1 saturated heterocycles. The molecule has 7 nitrogen and oxygen atoms in total. The number of hydrogen-bond donors (Lipinski definition) is 3. The molecule has 9 heteroatoms. The predicted octanol–water partition coefficient (Wildman–Crippen LogP) is 1.90. The maximum atomic E-state index is 13.8. The molecule has 3 N–H and O–H groups in total. The van der Waals surface area contributed by atoms with Crippen molar-refractivity contribution >= 4 is 17.8 Å². The minimum Gasteiger partial charge on any atom is -0.322 e. The Morgan fingerprint density at radius 2 is 1.96 bits per heavy atom. The van der Waals surface area contributed by atoms with E-state index >= 15 is 0 Å². The van der Waals surface area contributed by atoms with E-state index in [-0.39, 0.29) is 12.1 Å². The van der Waals surface area contributed by atoms with Gasteiger partial charge in [0.2, 0.25) is 0 Å². The van der Waals surface area contributed by atoms with Gasteiger partial charge in [0, 0.05) is 17.7 Å². The summed E-state index contributed by atoms with van der Waals surface area (Å²) in [5.41, 5.74) is 1.59. The van der Waals surface area contributed by atoms with Crippen LogP contribution in [0.15, 0.2) is 18.2 Å². The minimum absolute atomic E-state index is 0.209. The maximum Gasteiger partial charge on any atom is 0.344 e. The van der Waals surface area contributed by atoms with Crippen LogP contribution < -0.4 is 16.1 Å². The first-order valence-electron chi connectivity index (χ1n) is 8.97. The van der Waals surface area contributed by atoms with Gasteiger partial charge in [0.25, 0.3) is 11.8 Å². The molecule has 1 aliphatic heterocycles. The van der Waals surface area contributed by atoms with Crippen LogP contribution in [0.2, 0.25) is 0 Å². The quantitative estimate of drug-likeness (QED) is 0.681. The summed E-state index contributed by atoms with van der Waals surface area (Å²) in [7, 11) is 0. The van der Waals surface area contributed by atoms with Gasteiger partial charge in [-0.2, -0.15) is 5.01 Å². The van der Waals surface area contributed by atoms with Crippen molar-refractivity contribution < 1.29 is 23.2 Å². The van der Waals surface area contributed by atoms with E-state index in [1.165, 1.54) is 6.07 Å². The van der Waals surface area contributed by atoms with Crippen LogP contribution in [0.3, 0.4) is 0 Å². The Morgan fingerprint density at radius 1 is 1.26 bits per heavy atom. The average Bonchev–Trinajstić information content (AvgIpc) is 2.84. The fourth-order valence-corrected chi connectivity index (χ4v) is 3.59. The molecule has 0 bridgehead atoms. The van der Waals surface area contributed by atoms with Crippen molar-refractivity contribution in [3.05, 3.63) is 35.4 Å². The standard InChI is InChI=1S/C18H22F2N4O3/c1-11(13-6-5-12(19)9-14(13)20)21-10-15(25)23-24-16(26)18(22-17(24)27)7-3-2-4-8-18/h5-6,9,11,21H,2-4,7-8,10H2,1H3,(H,22,27)(H,23,25)/t11-/m0/s1. The van der Waals surface area contributed by atoms with E-state index in [1.54, 1.807) is 6.92 Å². The number of rotatable bonds is 5. The van der Waals surface area contributed by atoms with Gasteiger partial charge in [-0.3, -0.25) is 15.0 Å². The van der Waals surface area contributed by atoms with Gasteiger partial charge in [-0.05, 0) is 25.8 Å². The lowest BCUT2D eigenvalue weighted by atomic mass is 9.82. The minimum atomic E-state index is -0.916. The fourth-order valence-electron chi connectivity index (χ4n) is 3.59. The van der Waals surface area contributed by atoms with Crippen LogP contribution in [0.1, 0.15) is 50.6 Å². The Labute approximate surface area is 155 Å². The second kappa shape index (κ2) is 7.59. The lowest BCUT2D eigenvalue weighted by Gasteiger charge is -2.30. The SMILES string of the molecule is C[C@H](NCC(=O)NN1C(=O)NC2(CCCCC2)C1=O)c1ccc(F)cc1F. The largest absolute Gasteiger partial charge is 0.344 e. The first-order chi connectivity index (χ1) is 12.8. The molecular weight excluding hydrogens is 358 g/mol. The number of carbonyl (C=O) groups is 3. The summed E-state index contributed by atoms with van der Waals surface area (Å²) in [5.74, 6) is -2.46. The normalized spacial score (nSPS) is 19.9. The second-order valence-corrected chi connectivity index (χ2v) is 7.02. The topological polar surface area (TPSA) is 90.5 Å². The van der Waals surface area contributed by atoms with E-state index in [2.05, 4.69) is 16.1 Å². The molecule has 1 atom stereocenters. The van der Waals surface area contributed by atoms with Gasteiger partial charge in [0.1, 0.15) is 17.2 Å². The Morgan fingerprint density at radius 3 is 2.63 bits per heavy atom. The van der Waals surface area contributed by atoms with Crippen LogP contribution >= 0.6 is 0 Å². The first-order valence-corrected chi connectivity index (χ1v) is 8.97. The second-order valence-electron chi connectivity index (χ2n) is 7.02. The van der Waals surface area contributed by atoms with Crippen molar-refractivity contribution in [2.24, 2.45) is 0 Å². The van der Waals surface area contributed by atoms with Crippen LogP contribution in [0.4, 0.5) is 13.6 Å². The first kappa shape index (κ1) is 19.2. The summed E-state index contributed by atoms with van der Waals surface area (Å²) in [6.07, 6.45) is 3.82. The molecule has 27 heavy (non-hydrogen) atoms. The molecule has 1 spiro atoms. The number of urea groups is 1. The number of halogens is 2. The smallest absolute Gasteiger partial charge is 0.322 e. The Kier molecular flexibility index (Phi) is 5.41. The number of amides is 4. The van der Waals surface area contributed by atoms with Gasteiger partial charge in [-0.15, -0.1) is 0 Å². The van der Waals surface area contributed by atoms with Crippen LogP contribution in [0, 0.1) is 11.6 Å². The summed E-state index contributed by atoms with van der Waals surface area (Å²) < 4.78 is 26.7. The number of nitrogens with zero attached hydrogens (tertiary/aromatic N) is 1. The van der Waals surface area contributed by atoms with Gasteiger partial charge in [-0.1, -0.05) is 25.3 Å². The highest BCUT2D eigenvalue weighted by Gasteiger charge is 2.52. The van der Waals surface area contributed by atoms with E-state index in [0.717, 1.165) is 36.4 Å².